The average Bonchev–Trinajstić information content (AvgIpc) is 3.17. The van der Waals surface area contributed by atoms with Gasteiger partial charge in [0, 0.05) is 5.56 Å². The highest BCUT2D eigenvalue weighted by Crippen LogP contribution is 2.25. The second kappa shape index (κ2) is 6.24. The molecule has 0 radical (unpaired) electrons. The normalized spacial score (nSPS) is 11.0. The lowest BCUT2D eigenvalue weighted by Crippen LogP contribution is -2.13. The second-order valence-corrected chi connectivity index (χ2v) is 4.86. The lowest BCUT2D eigenvalue weighted by molar-refractivity contribution is 0.0697. The summed E-state index contributed by atoms with van der Waals surface area (Å²) >= 11 is 0. The fourth-order valence-corrected chi connectivity index (χ4v) is 2.05. The molecule has 122 valence electrons. The maximum atomic E-state index is 11.3. The molecule has 0 saturated carbocycles. The van der Waals surface area contributed by atoms with Gasteiger partial charge in [0.25, 0.3) is 5.95 Å². The van der Waals surface area contributed by atoms with Crippen molar-refractivity contribution < 1.29 is 14.3 Å². The molecule has 9 heteroatoms. The average molecular weight is 326 g/mol. The lowest BCUT2D eigenvalue weighted by Gasteiger charge is -2.02. The molecule has 0 spiro atoms. The number of carboxylic acids is 1. The van der Waals surface area contributed by atoms with Gasteiger partial charge in [-0.3, -0.25) is 0 Å². The van der Waals surface area contributed by atoms with Crippen molar-refractivity contribution in [2.45, 2.75) is 6.92 Å². The van der Waals surface area contributed by atoms with Crippen LogP contribution in [0, 0.1) is 6.92 Å². The minimum atomic E-state index is -1.02. The van der Waals surface area contributed by atoms with Crippen LogP contribution in [0.2, 0.25) is 0 Å². The number of anilines is 1. The predicted octanol–water partition coefficient (Wildman–Crippen LogP) is 1.70. The molecule has 0 bridgehead atoms. The zero-order chi connectivity index (χ0) is 17.1. The van der Waals surface area contributed by atoms with Crippen LogP contribution in [-0.4, -0.2) is 32.2 Å². The molecule has 3 aromatic rings. The van der Waals surface area contributed by atoms with Crippen molar-refractivity contribution in [2.24, 2.45) is 5.10 Å². The number of nitrogens with two attached hydrogens (primary N) is 1. The first-order valence-corrected chi connectivity index (χ1v) is 6.95. The predicted molar refractivity (Wildman–Crippen MR) is 87.2 cm³/mol. The first-order chi connectivity index (χ1) is 11.6. The number of hydrogen-bond acceptors (Lipinski definition) is 7. The molecule has 24 heavy (non-hydrogen) atoms. The molecule has 0 aliphatic heterocycles. The highest BCUT2D eigenvalue weighted by Gasteiger charge is 2.13. The Bertz CT molecular complexity index is 912. The molecule has 0 unspecified atom stereocenters. The van der Waals surface area contributed by atoms with Crippen LogP contribution in [-0.2, 0) is 0 Å². The van der Waals surface area contributed by atoms with E-state index in [1.165, 1.54) is 17.0 Å². The van der Waals surface area contributed by atoms with Gasteiger partial charge in [0.1, 0.15) is 11.5 Å². The van der Waals surface area contributed by atoms with Crippen LogP contribution in [0.4, 0.5) is 5.95 Å². The maximum Gasteiger partial charge on any atom is 0.336 e. The van der Waals surface area contributed by atoms with Crippen molar-refractivity contribution in [2.75, 3.05) is 11.3 Å². The van der Waals surface area contributed by atoms with Gasteiger partial charge in [0.05, 0.1) is 11.8 Å². The summed E-state index contributed by atoms with van der Waals surface area (Å²) in [5.74, 6) is 6.37. The van der Waals surface area contributed by atoms with Crippen LogP contribution in [0.15, 0.2) is 45.9 Å². The Labute approximate surface area is 136 Å². The van der Waals surface area contributed by atoms with Crippen molar-refractivity contribution in [1.29, 1.82) is 0 Å². The number of carboxylic acid groups (broad SMARTS) is 1. The molecule has 0 atom stereocenters. The molecule has 0 saturated heterocycles. The molecule has 0 amide bonds. The quantitative estimate of drug-likeness (QED) is 0.369. The molecule has 0 aliphatic carbocycles. The molecule has 2 aromatic heterocycles. The van der Waals surface area contributed by atoms with Crippen LogP contribution in [0.1, 0.15) is 21.9 Å². The molecule has 0 aliphatic rings. The smallest absolute Gasteiger partial charge is 0.336 e. The van der Waals surface area contributed by atoms with Gasteiger partial charge in [-0.1, -0.05) is 18.2 Å². The van der Waals surface area contributed by atoms with Crippen LogP contribution in [0.5, 0.6) is 0 Å². The van der Waals surface area contributed by atoms with E-state index < -0.39 is 5.97 Å². The van der Waals surface area contributed by atoms with Crippen LogP contribution >= 0.6 is 0 Å². The topological polar surface area (TPSA) is 132 Å². The fourth-order valence-electron chi connectivity index (χ4n) is 2.05. The van der Waals surface area contributed by atoms with Gasteiger partial charge in [-0.15, -0.1) is 10.2 Å². The minimum Gasteiger partial charge on any atom is -0.478 e. The van der Waals surface area contributed by atoms with Crippen molar-refractivity contribution >= 4 is 18.1 Å². The minimum absolute atomic E-state index is 0.167. The number of nitrogens with zero attached hydrogens (tertiary/aromatic N) is 4. The number of aromatic nitrogens is 3. The third-order valence-electron chi connectivity index (χ3n) is 3.27. The summed E-state index contributed by atoms with van der Waals surface area (Å²) in [6, 6.07) is 9.96. The highest BCUT2D eigenvalue weighted by atomic mass is 16.4. The number of carbonyl (C=O) groups is 1. The van der Waals surface area contributed by atoms with Crippen molar-refractivity contribution in [3.05, 3.63) is 53.5 Å². The molecule has 2 heterocycles. The van der Waals surface area contributed by atoms with E-state index in [2.05, 4.69) is 20.7 Å². The Kier molecular flexibility index (Phi) is 3.98. The van der Waals surface area contributed by atoms with Crippen LogP contribution in [0.3, 0.4) is 0 Å². The van der Waals surface area contributed by atoms with Crippen LogP contribution in [0.25, 0.3) is 11.3 Å². The lowest BCUT2D eigenvalue weighted by atomic mass is 10.1. The Morgan fingerprint density at radius 1 is 1.33 bits per heavy atom. The Balaban J connectivity index is 1.78. The molecule has 1 aromatic carbocycles. The fraction of sp³-hybridized carbons (Fsp3) is 0.0667. The van der Waals surface area contributed by atoms with E-state index in [1.54, 1.807) is 37.3 Å². The molecular weight excluding hydrogens is 312 g/mol. The van der Waals surface area contributed by atoms with Crippen molar-refractivity contribution in [3.8, 4) is 11.3 Å². The van der Waals surface area contributed by atoms with E-state index in [0.717, 1.165) is 0 Å². The zero-order valence-corrected chi connectivity index (χ0v) is 12.7. The number of nitrogen functional groups attached to an aromatic ring is 1. The summed E-state index contributed by atoms with van der Waals surface area (Å²) in [6.07, 6.45) is 1.43. The third-order valence-corrected chi connectivity index (χ3v) is 3.27. The SMILES string of the molecule is Cc1nnc(N/N=C\c2ccc(-c3ccccc3C(=O)O)o2)n1N. The Morgan fingerprint density at radius 3 is 2.83 bits per heavy atom. The van der Waals surface area contributed by atoms with Gasteiger partial charge in [0.15, 0.2) is 5.82 Å². The van der Waals surface area contributed by atoms with E-state index in [9.17, 15) is 9.90 Å². The summed E-state index contributed by atoms with van der Waals surface area (Å²) in [5, 5.41) is 20.8. The van der Waals surface area contributed by atoms with Gasteiger partial charge in [0.2, 0.25) is 0 Å². The summed E-state index contributed by atoms with van der Waals surface area (Å²) in [4.78, 5) is 11.3. The highest BCUT2D eigenvalue weighted by molar-refractivity contribution is 5.95. The number of rotatable bonds is 5. The molecule has 9 nitrogen and oxygen atoms in total. The van der Waals surface area contributed by atoms with Gasteiger partial charge in [-0.2, -0.15) is 5.10 Å². The monoisotopic (exact) mass is 326 g/mol. The van der Waals surface area contributed by atoms with E-state index >= 15 is 0 Å². The summed E-state index contributed by atoms with van der Waals surface area (Å²) in [6.45, 7) is 1.71. The van der Waals surface area contributed by atoms with E-state index in [-0.39, 0.29) is 11.5 Å². The molecular formula is C15H14N6O3. The van der Waals surface area contributed by atoms with E-state index in [1.807, 2.05) is 0 Å². The van der Waals surface area contributed by atoms with Crippen LogP contribution < -0.4 is 11.3 Å². The van der Waals surface area contributed by atoms with Crippen molar-refractivity contribution in [3.63, 3.8) is 0 Å². The standard InChI is InChI=1S/C15H14N6O3/c1-9-18-20-15(21(9)16)19-17-8-10-6-7-13(24-10)11-4-2-3-5-12(11)14(22)23/h2-8H,16H2,1H3,(H,19,20)(H,22,23)/b17-8-. The second-order valence-electron chi connectivity index (χ2n) is 4.86. The summed E-state index contributed by atoms with van der Waals surface area (Å²) < 4.78 is 6.87. The van der Waals surface area contributed by atoms with Gasteiger partial charge < -0.3 is 15.4 Å². The number of aryl methyl sites for hydroxylation is 1. The van der Waals surface area contributed by atoms with Gasteiger partial charge in [-0.25, -0.2) is 14.9 Å². The van der Waals surface area contributed by atoms with E-state index in [0.29, 0.717) is 22.9 Å². The molecule has 3 rings (SSSR count). The summed E-state index contributed by atoms with van der Waals surface area (Å²) in [7, 11) is 0. The first-order valence-electron chi connectivity index (χ1n) is 6.95. The summed E-state index contributed by atoms with van der Waals surface area (Å²) in [5.41, 5.74) is 3.30. The number of hydrogen-bond donors (Lipinski definition) is 3. The van der Waals surface area contributed by atoms with Crippen molar-refractivity contribution in [1.82, 2.24) is 14.9 Å². The number of aromatic carboxylic acids is 1. The van der Waals surface area contributed by atoms with E-state index in [4.69, 9.17) is 10.3 Å². The zero-order valence-electron chi connectivity index (χ0n) is 12.7. The number of nitrogens with one attached hydrogen (secondary N) is 1. The Morgan fingerprint density at radius 2 is 2.12 bits per heavy atom. The Hall–Kier alpha value is -3.62. The number of benzene rings is 1. The van der Waals surface area contributed by atoms with Gasteiger partial charge >= 0.3 is 5.97 Å². The molecule has 4 N–H and O–H groups in total. The molecule has 0 fully saturated rings. The maximum absolute atomic E-state index is 11.3. The first kappa shape index (κ1) is 15.3. The number of hydrazone groups is 1. The third kappa shape index (κ3) is 2.95. The largest absolute Gasteiger partial charge is 0.478 e. The number of furan rings is 1. The van der Waals surface area contributed by atoms with Gasteiger partial charge in [-0.05, 0) is 25.1 Å².